The molecule has 1 aromatic heterocycles. The summed E-state index contributed by atoms with van der Waals surface area (Å²) in [4.78, 5) is 10.7. The largest absolute Gasteiger partial charge is 0.373 e. The average Bonchev–Trinajstić information content (AvgIpc) is 2.38. The van der Waals surface area contributed by atoms with Crippen LogP contribution in [0.4, 0.5) is 17.6 Å². The highest BCUT2D eigenvalue weighted by Gasteiger charge is 2.19. The molecule has 0 aromatic carbocycles. The SMILES string of the molecule is CCC1CCN(c2cc(NC)nc(N)n2)CC1. The van der Waals surface area contributed by atoms with Crippen molar-refractivity contribution >= 4 is 17.6 Å². The van der Waals surface area contributed by atoms with E-state index >= 15 is 0 Å². The van der Waals surface area contributed by atoms with Crippen LogP contribution in [-0.2, 0) is 0 Å². The van der Waals surface area contributed by atoms with Crippen LogP contribution in [0.5, 0.6) is 0 Å². The van der Waals surface area contributed by atoms with E-state index in [1.807, 2.05) is 13.1 Å². The first-order valence-electron chi connectivity index (χ1n) is 6.30. The zero-order valence-corrected chi connectivity index (χ0v) is 10.6. The Hall–Kier alpha value is -1.52. The van der Waals surface area contributed by atoms with Gasteiger partial charge in [0.05, 0.1) is 0 Å². The van der Waals surface area contributed by atoms with Gasteiger partial charge in [0.2, 0.25) is 5.95 Å². The maximum absolute atomic E-state index is 5.71. The number of nitrogens with zero attached hydrogens (tertiary/aromatic N) is 3. The van der Waals surface area contributed by atoms with Gasteiger partial charge in [0, 0.05) is 26.2 Å². The summed E-state index contributed by atoms with van der Waals surface area (Å²) in [6.07, 6.45) is 3.77. The number of nitrogen functional groups attached to an aromatic ring is 1. The number of nitrogens with two attached hydrogens (primary N) is 1. The van der Waals surface area contributed by atoms with Crippen molar-refractivity contribution < 1.29 is 0 Å². The summed E-state index contributed by atoms with van der Waals surface area (Å²) in [5, 5.41) is 3.01. The molecule has 5 nitrogen and oxygen atoms in total. The van der Waals surface area contributed by atoms with Crippen molar-refractivity contribution in [2.75, 3.05) is 36.1 Å². The van der Waals surface area contributed by atoms with Crippen molar-refractivity contribution in [3.05, 3.63) is 6.07 Å². The molecule has 0 aliphatic carbocycles. The first kappa shape index (κ1) is 12.0. The predicted molar refractivity (Wildman–Crippen MR) is 71.2 cm³/mol. The summed E-state index contributed by atoms with van der Waals surface area (Å²) in [5.41, 5.74) is 5.71. The lowest BCUT2D eigenvalue weighted by Gasteiger charge is -2.32. The Kier molecular flexibility index (Phi) is 3.66. The van der Waals surface area contributed by atoms with Gasteiger partial charge in [-0.2, -0.15) is 9.97 Å². The third-order valence-corrected chi connectivity index (χ3v) is 3.50. The van der Waals surface area contributed by atoms with Gasteiger partial charge in [-0.1, -0.05) is 13.3 Å². The van der Waals surface area contributed by atoms with E-state index in [9.17, 15) is 0 Å². The lowest BCUT2D eigenvalue weighted by Crippen LogP contribution is -2.34. The van der Waals surface area contributed by atoms with E-state index in [-0.39, 0.29) is 0 Å². The number of aromatic nitrogens is 2. The second-order valence-electron chi connectivity index (χ2n) is 4.56. The molecule has 1 aliphatic heterocycles. The van der Waals surface area contributed by atoms with Crippen LogP contribution in [0.15, 0.2) is 6.07 Å². The van der Waals surface area contributed by atoms with Crippen molar-refractivity contribution in [2.24, 2.45) is 5.92 Å². The summed E-state index contributed by atoms with van der Waals surface area (Å²) in [7, 11) is 1.84. The molecule has 3 N–H and O–H groups in total. The number of piperidine rings is 1. The lowest BCUT2D eigenvalue weighted by molar-refractivity contribution is 0.394. The molecule has 0 bridgehead atoms. The molecule has 0 radical (unpaired) electrons. The molecule has 0 saturated carbocycles. The van der Waals surface area contributed by atoms with E-state index in [0.29, 0.717) is 5.95 Å². The van der Waals surface area contributed by atoms with Crippen LogP contribution in [0, 0.1) is 5.92 Å². The Morgan fingerprint density at radius 2 is 2.12 bits per heavy atom. The van der Waals surface area contributed by atoms with Crippen LogP contribution in [0.1, 0.15) is 26.2 Å². The monoisotopic (exact) mass is 235 g/mol. The molecule has 1 saturated heterocycles. The van der Waals surface area contributed by atoms with E-state index in [1.165, 1.54) is 19.3 Å². The second kappa shape index (κ2) is 5.21. The van der Waals surface area contributed by atoms with Crippen LogP contribution >= 0.6 is 0 Å². The highest BCUT2D eigenvalue weighted by molar-refractivity contribution is 5.52. The molecular weight excluding hydrogens is 214 g/mol. The fourth-order valence-corrected chi connectivity index (χ4v) is 2.31. The first-order chi connectivity index (χ1) is 8.22. The van der Waals surface area contributed by atoms with E-state index in [0.717, 1.165) is 30.6 Å². The van der Waals surface area contributed by atoms with Crippen LogP contribution in [0.3, 0.4) is 0 Å². The van der Waals surface area contributed by atoms with Crippen molar-refractivity contribution in [2.45, 2.75) is 26.2 Å². The summed E-state index contributed by atoms with van der Waals surface area (Å²) >= 11 is 0. The molecule has 2 rings (SSSR count). The smallest absolute Gasteiger partial charge is 0.223 e. The minimum atomic E-state index is 0.337. The van der Waals surface area contributed by atoms with Crippen LogP contribution in [0.2, 0.25) is 0 Å². The molecule has 0 unspecified atom stereocenters. The van der Waals surface area contributed by atoms with Crippen molar-refractivity contribution in [3.8, 4) is 0 Å². The van der Waals surface area contributed by atoms with E-state index in [4.69, 9.17) is 5.73 Å². The highest BCUT2D eigenvalue weighted by Crippen LogP contribution is 2.25. The van der Waals surface area contributed by atoms with Gasteiger partial charge in [-0.3, -0.25) is 0 Å². The van der Waals surface area contributed by atoms with Gasteiger partial charge in [-0.05, 0) is 18.8 Å². The fraction of sp³-hybridized carbons (Fsp3) is 0.667. The molecular formula is C12H21N5. The number of hydrogen-bond donors (Lipinski definition) is 2. The van der Waals surface area contributed by atoms with Gasteiger partial charge < -0.3 is 16.0 Å². The number of hydrogen-bond acceptors (Lipinski definition) is 5. The van der Waals surface area contributed by atoms with Crippen LogP contribution < -0.4 is 16.0 Å². The van der Waals surface area contributed by atoms with Gasteiger partial charge in [-0.25, -0.2) is 0 Å². The molecule has 0 spiro atoms. The maximum Gasteiger partial charge on any atom is 0.223 e. The van der Waals surface area contributed by atoms with Crippen molar-refractivity contribution in [3.63, 3.8) is 0 Å². The van der Waals surface area contributed by atoms with Crippen molar-refractivity contribution in [1.29, 1.82) is 0 Å². The molecule has 2 heterocycles. The Balaban J connectivity index is 2.10. The van der Waals surface area contributed by atoms with E-state index in [2.05, 4.69) is 27.1 Å². The van der Waals surface area contributed by atoms with Gasteiger partial charge >= 0.3 is 0 Å². The number of rotatable bonds is 3. The average molecular weight is 235 g/mol. The zero-order valence-electron chi connectivity index (χ0n) is 10.6. The minimum Gasteiger partial charge on any atom is -0.373 e. The zero-order chi connectivity index (χ0) is 12.3. The Labute approximate surface area is 102 Å². The molecule has 94 valence electrons. The van der Waals surface area contributed by atoms with Crippen LogP contribution in [-0.4, -0.2) is 30.1 Å². The van der Waals surface area contributed by atoms with E-state index < -0.39 is 0 Å². The maximum atomic E-state index is 5.71. The fourth-order valence-electron chi connectivity index (χ4n) is 2.31. The third kappa shape index (κ3) is 2.78. The van der Waals surface area contributed by atoms with Crippen LogP contribution in [0.25, 0.3) is 0 Å². The lowest BCUT2D eigenvalue weighted by atomic mass is 9.94. The molecule has 1 fully saturated rings. The Morgan fingerprint density at radius 3 is 2.71 bits per heavy atom. The summed E-state index contributed by atoms with van der Waals surface area (Å²) in [6, 6.07) is 1.96. The first-order valence-corrected chi connectivity index (χ1v) is 6.30. The predicted octanol–water partition coefficient (Wildman–Crippen LogP) is 1.73. The molecule has 0 amide bonds. The van der Waals surface area contributed by atoms with Crippen molar-refractivity contribution in [1.82, 2.24) is 9.97 Å². The minimum absolute atomic E-state index is 0.337. The Bertz CT molecular complexity index is 371. The molecule has 17 heavy (non-hydrogen) atoms. The van der Waals surface area contributed by atoms with Gasteiger partial charge in [0.15, 0.2) is 0 Å². The standard InChI is InChI=1S/C12H21N5/c1-3-9-4-6-17(7-5-9)11-8-10(14-2)15-12(13)16-11/h8-9H,3-7H2,1-2H3,(H3,13,14,15,16). The molecule has 5 heteroatoms. The quantitative estimate of drug-likeness (QED) is 0.835. The van der Waals surface area contributed by atoms with Gasteiger partial charge in [0.1, 0.15) is 11.6 Å². The molecule has 1 aliphatic rings. The summed E-state index contributed by atoms with van der Waals surface area (Å²) < 4.78 is 0. The second-order valence-corrected chi connectivity index (χ2v) is 4.56. The molecule has 0 atom stereocenters. The topological polar surface area (TPSA) is 67.1 Å². The molecule has 1 aromatic rings. The normalized spacial score (nSPS) is 17.2. The van der Waals surface area contributed by atoms with Gasteiger partial charge in [-0.15, -0.1) is 0 Å². The number of anilines is 3. The third-order valence-electron chi connectivity index (χ3n) is 3.50. The highest BCUT2D eigenvalue weighted by atomic mass is 15.2. The van der Waals surface area contributed by atoms with Gasteiger partial charge in [0.25, 0.3) is 0 Å². The number of nitrogens with one attached hydrogen (secondary N) is 1. The summed E-state index contributed by atoms with van der Waals surface area (Å²) in [5.74, 6) is 2.93. The summed E-state index contributed by atoms with van der Waals surface area (Å²) in [6.45, 7) is 4.40. The van der Waals surface area contributed by atoms with E-state index in [1.54, 1.807) is 0 Å². The Morgan fingerprint density at radius 1 is 1.41 bits per heavy atom.